The Hall–Kier alpha value is -4.00. The molecule has 170 valence electrons. The second-order valence-corrected chi connectivity index (χ2v) is 7.57. The molecule has 7 nitrogen and oxygen atoms in total. The van der Waals surface area contributed by atoms with E-state index in [9.17, 15) is 9.59 Å². The zero-order valence-electron chi connectivity index (χ0n) is 18.8. The zero-order chi connectivity index (χ0) is 23.4. The molecule has 0 aliphatic carbocycles. The van der Waals surface area contributed by atoms with E-state index in [-0.39, 0.29) is 12.5 Å². The van der Waals surface area contributed by atoms with Gasteiger partial charge in [-0.15, -0.1) is 0 Å². The summed E-state index contributed by atoms with van der Waals surface area (Å²) in [6.07, 6.45) is 0. The number of nitrogens with zero attached hydrogens (tertiary/aromatic N) is 1. The summed E-state index contributed by atoms with van der Waals surface area (Å²) < 4.78 is 16.2. The molecule has 1 heterocycles. The van der Waals surface area contributed by atoms with Gasteiger partial charge in [0, 0.05) is 5.56 Å². The topological polar surface area (TPSA) is 77.1 Å². The van der Waals surface area contributed by atoms with Crippen LogP contribution in [0.3, 0.4) is 0 Å². The Balaban J connectivity index is 1.78. The highest BCUT2D eigenvalue weighted by molar-refractivity contribution is 6.09. The van der Waals surface area contributed by atoms with Crippen LogP contribution >= 0.6 is 0 Å². The number of ether oxygens (including phenoxy) is 3. The van der Waals surface area contributed by atoms with Crippen LogP contribution in [0.25, 0.3) is 0 Å². The largest absolute Gasteiger partial charge is 0.497 e. The molecular formula is C26H26N2O5. The third kappa shape index (κ3) is 3.98. The van der Waals surface area contributed by atoms with Crippen LogP contribution < -0.4 is 19.5 Å². The van der Waals surface area contributed by atoms with Crippen LogP contribution in [0.4, 0.5) is 4.79 Å². The van der Waals surface area contributed by atoms with E-state index in [1.54, 1.807) is 62.8 Å². The first-order chi connectivity index (χ1) is 16.0. The number of methoxy groups -OCH3 is 2. The lowest BCUT2D eigenvalue weighted by atomic mass is 9.82. The fraction of sp³-hybridized carbons (Fsp3) is 0.231. The molecule has 0 saturated carbocycles. The second-order valence-electron chi connectivity index (χ2n) is 7.57. The summed E-state index contributed by atoms with van der Waals surface area (Å²) in [5.74, 6) is 1.59. The van der Waals surface area contributed by atoms with E-state index >= 15 is 0 Å². The van der Waals surface area contributed by atoms with Gasteiger partial charge in [-0.2, -0.15) is 0 Å². The molecule has 33 heavy (non-hydrogen) atoms. The lowest BCUT2D eigenvalue weighted by Gasteiger charge is -2.28. The second kappa shape index (κ2) is 9.24. The first-order valence-corrected chi connectivity index (χ1v) is 10.7. The van der Waals surface area contributed by atoms with E-state index in [0.29, 0.717) is 35.0 Å². The number of carbonyl (C=O) groups excluding carboxylic acids is 2. The van der Waals surface area contributed by atoms with E-state index < -0.39 is 11.6 Å². The van der Waals surface area contributed by atoms with Gasteiger partial charge in [0.1, 0.15) is 17.2 Å². The molecule has 0 unspecified atom stereocenters. The number of amides is 3. The van der Waals surface area contributed by atoms with Gasteiger partial charge in [-0.3, -0.25) is 9.69 Å². The van der Waals surface area contributed by atoms with Crippen molar-refractivity contribution in [2.24, 2.45) is 0 Å². The number of benzene rings is 3. The molecule has 1 fully saturated rings. The SMILES string of the molecule is CCOc1ccccc1CN1C(=O)NC(c2ccc(OC)cc2)(c2ccc(OC)cc2)C1=O. The van der Waals surface area contributed by atoms with E-state index in [1.165, 1.54) is 4.90 Å². The Morgan fingerprint density at radius 3 is 1.88 bits per heavy atom. The van der Waals surface area contributed by atoms with Gasteiger partial charge in [0.15, 0.2) is 5.54 Å². The Bertz CT molecular complexity index is 1090. The van der Waals surface area contributed by atoms with Gasteiger partial charge in [-0.25, -0.2) is 4.79 Å². The molecule has 3 aromatic rings. The van der Waals surface area contributed by atoms with Gasteiger partial charge in [0.05, 0.1) is 27.4 Å². The highest BCUT2D eigenvalue weighted by Crippen LogP contribution is 2.38. The van der Waals surface area contributed by atoms with Gasteiger partial charge in [-0.05, 0) is 48.4 Å². The molecule has 0 radical (unpaired) electrons. The van der Waals surface area contributed by atoms with Gasteiger partial charge >= 0.3 is 6.03 Å². The molecule has 0 spiro atoms. The number of carbonyl (C=O) groups is 2. The molecule has 0 aromatic heterocycles. The van der Waals surface area contributed by atoms with Gasteiger partial charge in [0.25, 0.3) is 5.91 Å². The number of urea groups is 1. The van der Waals surface area contributed by atoms with Crippen molar-refractivity contribution in [3.8, 4) is 17.2 Å². The minimum Gasteiger partial charge on any atom is -0.497 e. The number of para-hydroxylation sites is 1. The minimum atomic E-state index is -1.38. The Labute approximate surface area is 192 Å². The van der Waals surface area contributed by atoms with Crippen molar-refractivity contribution in [2.45, 2.75) is 19.0 Å². The van der Waals surface area contributed by atoms with E-state index in [0.717, 1.165) is 5.56 Å². The first-order valence-electron chi connectivity index (χ1n) is 10.7. The van der Waals surface area contributed by atoms with Crippen molar-refractivity contribution in [3.63, 3.8) is 0 Å². The molecule has 0 atom stereocenters. The lowest BCUT2D eigenvalue weighted by Crippen LogP contribution is -2.45. The molecule has 7 heteroatoms. The smallest absolute Gasteiger partial charge is 0.325 e. The van der Waals surface area contributed by atoms with Crippen molar-refractivity contribution in [3.05, 3.63) is 89.5 Å². The monoisotopic (exact) mass is 446 g/mol. The predicted octanol–water partition coefficient (Wildman–Crippen LogP) is 4.10. The molecule has 3 amide bonds. The lowest BCUT2D eigenvalue weighted by molar-refractivity contribution is -0.130. The quantitative estimate of drug-likeness (QED) is 0.527. The molecule has 1 aliphatic heterocycles. The van der Waals surface area contributed by atoms with Crippen LogP contribution in [0, 0.1) is 0 Å². The molecule has 4 rings (SSSR count). The van der Waals surface area contributed by atoms with Gasteiger partial charge in [0.2, 0.25) is 0 Å². The Kier molecular flexibility index (Phi) is 6.22. The third-order valence-corrected chi connectivity index (χ3v) is 5.75. The van der Waals surface area contributed by atoms with E-state index in [2.05, 4.69) is 5.32 Å². The maximum absolute atomic E-state index is 14.0. The summed E-state index contributed by atoms with van der Waals surface area (Å²) in [6.45, 7) is 2.47. The molecule has 1 N–H and O–H groups in total. The average molecular weight is 447 g/mol. The van der Waals surface area contributed by atoms with Crippen molar-refractivity contribution in [1.82, 2.24) is 10.2 Å². The van der Waals surface area contributed by atoms with Crippen LogP contribution in [0.1, 0.15) is 23.6 Å². The highest BCUT2D eigenvalue weighted by atomic mass is 16.5. The molecule has 1 aliphatic rings. The van der Waals surface area contributed by atoms with Gasteiger partial charge < -0.3 is 19.5 Å². The standard InChI is InChI=1S/C26H26N2O5/c1-4-33-23-8-6-5-7-18(23)17-28-24(29)26(27-25(28)30,19-9-13-21(31-2)14-10-19)20-11-15-22(32-3)16-12-20/h5-16H,4,17H2,1-3H3,(H,27,30). The maximum atomic E-state index is 14.0. The van der Waals surface area contributed by atoms with Crippen LogP contribution in [0.5, 0.6) is 17.2 Å². The summed E-state index contributed by atoms with van der Waals surface area (Å²) >= 11 is 0. The van der Waals surface area contributed by atoms with Crippen LogP contribution in [-0.4, -0.2) is 37.7 Å². The fourth-order valence-electron chi connectivity index (χ4n) is 4.06. The molecular weight excluding hydrogens is 420 g/mol. The van der Waals surface area contributed by atoms with Crippen molar-refractivity contribution in [1.29, 1.82) is 0 Å². The number of rotatable bonds is 8. The number of imide groups is 1. The fourth-order valence-corrected chi connectivity index (χ4v) is 4.06. The zero-order valence-corrected chi connectivity index (χ0v) is 18.8. The van der Waals surface area contributed by atoms with Crippen molar-refractivity contribution >= 4 is 11.9 Å². The Morgan fingerprint density at radius 2 is 1.36 bits per heavy atom. The summed E-state index contributed by atoms with van der Waals surface area (Å²) in [5, 5.41) is 2.96. The van der Waals surface area contributed by atoms with Crippen LogP contribution in [0.15, 0.2) is 72.8 Å². The van der Waals surface area contributed by atoms with E-state index in [1.807, 2.05) is 31.2 Å². The Morgan fingerprint density at radius 1 is 0.818 bits per heavy atom. The summed E-state index contributed by atoms with van der Waals surface area (Å²) in [5.41, 5.74) is 0.638. The third-order valence-electron chi connectivity index (χ3n) is 5.75. The molecule has 1 saturated heterocycles. The summed E-state index contributed by atoms with van der Waals surface area (Å²) in [6, 6.07) is 21.2. The maximum Gasteiger partial charge on any atom is 0.325 e. The van der Waals surface area contributed by atoms with Crippen LogP contribution in [-0.2, 0) is 16.9 Å². The number of hydrogen-bond donors (Lipinski definition) is 1. The van der Waals surface area contributed by atoms with Crippen molar-refractivity contribution < 1.29 is 23.8 Å². The van der Waals surface area contributed by atoms with E-state index in [4.69, 9.17) is 14.2 Å². The van der Waals surface area contributed by atoms with Crippen molar-refractivity contribution in [2.75, 3.05) is 20.8 Å². The number of nitrogens with one attached hydrogen (secondary N) is 1. The molecule has 3 aromatic carbocycles. The first kappa shape index (κ1) is 22.2. The number of hydrogen-bond acceptors (Lipinski definition) is 5. The van der Waals surface area contributed by atoms with Crippen LogP contribution in [0.2, 0.25) is 0 Å². The van der Waals surface area contributed by atoms with Gasteiger partial charge in [-0.1, -0.05) is 42.5 Å². The normalized spacial score (nSPS) is 14.7. The average Bonchev–Trinajstić information content (AvgIpc) is 3.11. The summed E-state index contributed by atoms with van der Waals surface area (Å²) in [4.78, 5) is 28.4. The summed E-state index contributed by atoms with van der Waals surface area (Å²) in [7, 11) is 3.16. The molecule has 0 bridgehead atoms. The highest BCUT2D eigenvalue weighted by Gasteiger charge is 2.53. The predicted molar refractivity (Wildman–Crippen MR) is 123 cm³/mol. The minimum absolute atomic E-state index is 0.0922.